The highest BCUT2D eigenvalue weighted by molar-refractivity contribution is 7.15. The van der Waals surface area contributed by atoms with Crippen molar-refractivity contribution < 1.29 is 9.59 Å². The number of nitrogens with zero attached hydrogens (tertiary/aromatic N) is 3. The van der Waals surface area contributed by atoms with Crippen LogP contribution in [0, 0.1) is 12.8 Å². The fourth-order valence-electron chi connectivity index (χ4n) is 2.30. The van der Waals surface area contributed by atoms with Crippen LogP contribution in [0.15, 0.2) is 30.3 Å². The van der Waals surface area contributed by atoms with Gasteiger partial charge in [0, 0.05) is 18.7 Å². The Morgan fingerprint density at radius 3 is 2.76 bits per heavy atom. The Hall–Kier alpha value is -2.28. The van der Waals surface area contributed by atoms with Crippen molar-refractivity contribution in [2.45, 2.75) is 13.3 Å². The van der Waals surface area contributed by atoms with Crippen LogP contribution in [0.1, 0.15) is 11.4 Å². The van der Waals surface area contributed by atoms with Crippen molar-refractivity contribution in [1.29, 1.82) is 0 Å². The minimum absolute atomic E-state index is 0.0326. The maximum atomic E-state index is 12.2. The first-order valence-electron chi connectivity index (χ1n) is 6.60. The quantitative estimate of drug-likeness (QED) is 0.938. The molecule has 0 radical (unpaired) electrons. The summed E-state index contributed by atoms with van der Waals surface area (Å²) >= 11 is 1.32. The lowest BCUT2D eigenvalue weighted by atomic mass is 10.1. The van der Waals surface area contributed by atoms with Gasteiger partial charge in [-0.3, -0.25) is 9.59 Å². The van der Waals surface area contributed by atoms with Gasteiger partial charge in [0.25, 0.3) is 0 Å². The number of benzene rings is 1. The normalized spacial score (nSPS) is 18.0. The van der Waals surface area contributed by atoms with E-state index in [1.807, 2.05) is 37.3 Å². The standard InChI is InChI=1S/C14H14N4O2S/c1-9-16-17-14(21-9)15-13(20)10-7-12(19)18(8-10)11-5-3-2-4-6-11/h2-6,10H,7-8H2,1H3,(H,15,17,20)/t10-/m1/s1. The van der Waals surface area contributed by atoms with Gasteiger partial charge in [-0.05, 0) is 19.1 Å². The summed E-state index contributed by atoms with van der Waals surface area (Å²) in [5.41, 5.74) is 0.824. The molecule has 0 saturated carbocycles. The summed E-state index contributed by atoms with van der Waals surface area (Å²) in [7, 11) is 0. The van der Waals surface area contributed by atoms with Crippen molar-refractivity contribution in [3.05, 3.63) is 35.3 Å². The van der Waals surface area contributed by atoms with E-state index >= 15 is 0 Å². The van der Waals surface area contributed by atoms with Gasteiger partial charge in [0.05, 0.1) is 5.92 Å². The number of anilines is 2. The van der Waals surface area contributed by atoms with E-state index in [1.54, 1.807) is 4.90 Å². The number of carbonyl (C=O) groups excluding carboxylic acids is 2. The third-order valence-corrected chi connectivity index (χ3v) is 4.07. The van der Waals surface area contributed by atoms with Crippen LogP contribution in [-0.4, -0.2) is 28.6 Å². The molecule has 7 heteroatoms. The summed E-state index contributed by atoms with van der Waals surface area (Å²) in [6, 6.07) is 9.38. The first kappa shape index (κ1) is 13.7. The van der Waals surface area contributed by atoms with Gasteiger partial charge in [-0.25, -0.2) is 0 Å². The van der Waals surface area contributed by atoms with Gasteiger partial charge in [0.2, 0.25) is 16.9 Å². The van der Waals surface area contributed by atoms with Crippen molar-refractivity contribution in [1.82, 2.24) is 10.2 Å². The Morgan fingerprint density at radius 1 is 1.33 bits per heavy atom. The molecule has 1 saturated heterocycles. The molecule has 2 heterocycles. The van der Waals surface area contributed by atoms with Crippen LogP contribution in [-0.2, 0) is 9.59 Å². The molecule has 0 aliphatic carbocycles. The number of rotatable bonds is 3. The van der Waals surface area contributed by atoms with Crippen molar-refractivity contribution >= 4 is 34.0 Å². The van der Waals surface area contributed by atoms with E-state index in [1.165, 1.54) is 11.3 Å². The third-order valence-electron chi connectivity index (χ3n) is 3.32. The molecule has 3 rings (SSSR count). The van der Waals surface area contributed by atoms with Gasteiger partial charge in [0.1, 0.15) is 5.01 Å². The number of nitrogens with one attached hydrogen (secondary N) is 1. The molecule has 0 spiro atoms. The van der Waals surface area contributed by atoms with Crippen molar-refractivity contribution in [2.75, 3.05) is 16.8 Å². The Balaban J connectivity index is 1.68. The van der Waals surface area contributed by atoms with E-state index in [0.29, 0.717) is 11.7 Å². The first-order valence-corrected chi connectivity index (χ1v) is 7.41. The SMILES string of the molecule is Cc1nnc(NC(=O)[C@@H]2CC(=O)N(c3ccccc3)C2)s1. The molecule has 2 amide bonds. The lowest BCUT2D eigenvalue weighted by molar-refractivity contribution is -0.122. The molecule has 0 unspecified atom stereocenters. The van der Waals surface area contributed by atoms with Gasteiger partial charge in [-0.2, -0.15) is 0 Å². The summed E-state index contributed by atoms with van der Waals surface area (Å²) in [4.78, 5) is 25.9. The Bertz CT molecular complexity index is 671. The number of hydrogen-bond acceptors (Lipinski definition) is 5. The molecule has 1 aromatic heterocycles. The average Bonchev–Trinajstić information content (AvgIpc) is 3.06. The maximum Gasteiger partial charge on any atom is 0.231 e. The molecule has 0 bridgehead atoms. The molecule has 108 valence electrons. The Labute approximate surface area is 125 Å². The molecule has 2 aromatic rings. The predicted molar refractivity (Wildman–Crippen MR) is 80.2 cm³/mol. The number of amides is 2. The van der Waals surface area contributed by atoms with E-state index < -0.39 is 0 Å². The molecule has 21 heavy (non-hydrogen) atoms. The van der Waals surface area contributed by atoms with Crippen LogP contribution in [0.25, 0.3) is 0 Å². The fraction of sp³-hybridized carbons (Fsp3) is 0.286. The minimum Gasteiger partial charge on any atom is -0.312 e. The van der Waals surface area contributed by atoms with Crippen LogP contribution < -0.4 is 10.2 Å². The maximum absolute atomic E-state index is 12.2. The van der Waals surface area contributed by atoms with E-state index in [0.717, 1.165) is 10.7 Å². The molecule has 1 fully saturated rings. The second-order valence-electron chi connectivity index (χ2n) is 4.86. The highest BCUT2D eigenvalue weighted by atomic mass is 32.1. The third kappa shape index (κ3) is 2.92. The van der Waals surface area contributed by atoms with Gasteiger partial charge >= 0.3 is 0 Å². The summed E-state index contributed by atoms with van der Waals surface area (Å²) in [5.74, 6) is -0.574. The molecule has 1 aliphatic rings. The number of aryl methyl sites for hydroxylation is 1. The minimum atomic E-state index is -0.359. The second-order valence-corrected chi connectivity index (χ2v) is 6.04. The van der Waals surface area contributed by atoms with Crippen LogP contribution in [0.5, 0.6) is 0 Å². The highest BCUT2D eigenvalue weighted by Crippen LogP contribution is 2.26. The van der Waals surface area contributed by atoms with Gasteiger partial charge in [-0.15, -0.1) is 10.2 Å². The number of para-hydroxylation sites is 1. The molecule has 1 N–H and O–H groups in total. The zero-order valence-electron chi connectivity index (χ0n) is 11.4. The van der Waals surface area contributed by atoms with E-state index in [4.69, 9.17) is 0 Å². The second kappa shape index (κ2) is 5.61. The molecule has 1 atom stereocenters. The predicted octanol–water partition coefficient (Wildman–Crippen LogP) is 1.84. The first-order chi connectivity index (χ1) is 10.1. The average molecular weight is 302 g/mol. The highest BCUT2D eigenvalue weighted by Gasteiger charge is 2.35. The zero-order chi connectivity index (χ0) is 14.8. The van der Waals surface area contributed by atoms with Crippen LogP contribution in [0.3, 0.4) is 0 Å². The lowest BCUT2D eigenvalue weighted by Gasteiger charge is -2.16. The number of carbonyl (C=O) groups is 2. The van der Waals surface area contributed by atoms with Gasteiger partial charge < -0.3 is 10.2 Å². The molecular weight excluding hydrogens is 288 g/mol. The molecule has 6 nitrogen and oxygen atoms in total. The van der Waals surface area contributed by atoms with Crippen molar-refractivity contribution in [3.8, 4) is 0 Å². The van der Waals surface area contributed by atoms with Crippen LogP contribution >= 0.6 is 11.3 Å². The Kier molecular flexibility index (Phi) is 3.66. The van der Waals surface area contributed by atoms with Gasteiger partial charge in [0.15, 0.2) is 0 Å². The summed E-state index contributed by atoms with van der Waals surface area (Å²) < 4.78 is 0. The zero-order valence-corrected chi connectivity index (χ0v) is 12.3. The van der Waals surface area contributed by atoms with E-state index in [2.05, 4.69) is 15.5 Å². The fourth-order valence-corrected chi connectivity index (χ4v) is 2.89. The number of hydrogen-bond donors (Lipinski definition) is 1. The summed E-state index contributed by atoms with van der Waals surface area (Å²) in [5, 5.41) is 11.7. The monoisotopic (exact) mass is 302 g/mol. The van der Waals surface area contributed by atoms with E-state index in [9.17, 15) is 9.59 Å². The van der Waals surface area contributed by atoms with Crippen LogP contribution in [0.4, 0.5) is 10.8 Å². The Morgan fingerprint density at radius 2 is 2.10 bits per heavy atom. The molecular formula is C14H14N4O2S. The van der Waals surface area contributed by atoms with Crippen molar-refractivity contribution in [3.63, 3.8) is 0 Å². The van der Waals surface area contributed by atoms with Crippen molar-refractivity contribution in [2.24, 2.45) is 5.92 Å². The van der Waals surface area contributed by atoms with E-state index in [-0.39, 0.29) is 24.2 Å². The lowest BCUT2D eigenvalue weighted by Crippen LogP contribution is -2.28. The van der Waals surface area contributed by atoms with Crippen LogP contribution in [0.2, 0.25) is 0 Å². The summed E-state index contributed by atoms with van der Waals surface area (Å²) in [6.07, 6.45) is 0.221. The molecule has 1 aromatic carbocycles. The van der Waals surface area contributed by atoms with Gasteiger partial charge in [-0.1, -0.05) is 29.5 Å². The number of aromatic nitrogens is 2. The molecule has 1 aliphatic heterocycles. The topological polar surface area (TPSA) is 75.2 Å². The largest absolute Gasteiger partial charge is 0.312 e. The summed E-state index contributed by atoms with van der Waals surface area (Å²) in [6.45, 7) is 2.22. The smallest absolute Gasteiger partial charge is 0.231 e.